The summed E-state index contributed by atoms with van der Waals surface area (Å²) in [7, 11) is 0. The number of Topliss-reactive ketones (excluding diaryl/α,β-unsaturated/α-hetero) is 1. The second-order valence-electron chi connectivity index (χ2n) is 4.82. The maximum Gasteiger partial charge on any atom is 0.138 e. The molecule has 1 aliphatic rings. The molecule has 1 unspecified atom stereocenters. The molecule has 4 heteroatoms. The van der Waals surface area contributed by atoms with E-state index >= 15 is 0 Å². The SMILES string of the molecule is O=C(Cc1cc(Br)cs1)CC1CNc2ccccc21. The minimum absolute atomic E-state index is 0.317. The van der Waals surface area contributed by atoms with E-state index in [2.05, 4.69) is 33.4 Å². The average Bonchev–Trinajstić information content (AvgIpc) is 2.97. The highest BCUT2D eigenvalue weighted by Gasteiger charge is 2.23. The van der Waals surface area contributed by atoms with Crippen LogP contribution in [0, 0.1) is 0 Å². The van der Waals surface area contributed by atoms with Crippen molar-refractivity contribution in [2.75, 3.05) is 11.9 Å². The Morgan fingerprint density at radius 1 is 1.42 bits per heavy atom. The smallest absolute Gasteiger partial charge is 0.138 e. The molecule has 1 aromatic carbocycles. The zero-order chi connectivity index (χ0) is 13.2. The van der Waals surface area contributed by atoms with Crippen molar-refractivity contribution in [1.29, 1.82) is 0 Å². The van der Waals surface area contributed by atoms with Gasteiger partial charge in [-0.25, -0.2) is 0 Å². The number of fused-ring (bicyclic) bond motifs is 1. The molecule has 1 N–H and O–H groups in total. The minimum Gasteiger partial charge on any atom is -0.384 e. The molecular weight excluding hydrogens is 322 g/mol. The summed E-state index contributed by atoms with van der Waals surface area (Å²) >= 11 is 5.06. The van der Waals surface area contributed by atoms with Crippen molar-refractivity contribution < 1.29 is 4.79 Å². The van der Waals surface area contributed by atoms with Crippen molar-refractivity contribution in [3.63, 3.8) is 0 Å². The number of rotatable bonds is 4. The monoisotopic (exact) mass is 335 g/mol. The molecule has 0 saturated carbocycles. The molecule has 2 nitrogen and oxygen atoms in total. The fraction of sp³-hybridized carbons (Fsp3) is 0.267. The Hall–Kier alpha value is -1.13. The maximum atomic E-state index is 12.2. The number of benzene rings is 1. The third-order valence-electron chi connectivity index (χ3n) is 3.41. The fourth-order valence-electron chi connectivity index (χ4n) is 2.53. The van der Waals surface area contributed by atoms with Crippen LogP contribution in [0.15, 0.2) is 40.2 Å². The van der Waals surface area contributed by atoms with Gasteiger partial charge in [-0.2, -0.15) is 0 Å². The van der Waals surface area contributed by atoms with Crippen LogP contribution < -0.4 is 5.32 Å². The van der Waals surface area contributed by atoms with Gasteiger partial charge in [0.1, 0.15) is 5.78 Å². The molecule has 0 bridgehead atoms. The highest BCUT2D eigenvalue weighted by atomic mass is 79.9. The second kappa shape index (κ2) is 5.47. The summed E-state index contributed by atoms with van der Waals surface area (Å²) in [5.41, 5.74) is 2.46. The van der Waals surface area contributed by atoms with E-state index in [0.29, 0.717) is 24.5 Å². The summed E-state index contributed by atoms with van der Waals surface area (Å²) in [6, 6.07) is 10.3. The quantitative estimate of drug-likeness (QED) is 0.906. The van der Waals surface area contributed by atoms with E-state index in [9.17, 15) is 4.79 Å². The molecule has 1 aromatic heterocycles. The molecule has 98 valence electrons. The molecule has 0 radical (unpaired) electrons. The van der Waals surface area contributed by atoms with Crippen LogP contribution in [0.4, 0.5) is 5.69 Å². The van der Waals surface area contributed by atoms with E-state index in [1.165, 1.54) is 11.3 Å². The Morgan fingerprint density at radius 3 is 3.05 bits per heavy atom. The van der Waals surface area contributed by atoms with Gasteiger partial charge in [-0.05, 0) is 33.6 Å². The van der Waals surface area contributed by atoms with Gasteiger partial charge in [0.2, 0.25) is 0 Å². The first-order valence-electron chi connectivity index (χ1n) is 6.30. The van der Waals surface area contributed by atoms with Gasteiger partial charge in [0, 0.05) is 45.7 Å². The molecule has 1 aliphatic heterocycles. The van der Waals surface area contributed by atoms with Crippen LogP contribution >= 0.6 is 27.3 Å². The molecule has 0 saturated heterocycles. The van der Waals surface area contributed by atoms with E-state index in [-0.39, 0.29) is 0 Å². The number of carbonyl (C=O) groups is 1. The van der Waals surface area contributed by atoms with Crippen LogP contribution in [-0.4, -0.2) is 12.3 Å². The zero-order valence-corrected chi connectivity index (χ0v) is 12.8. The Labute approximate surface area is 125 Å². The van der Waals surface area contributed by atoms with Gasteiger partial charge >= 0.3 is 0 Å². The molecule has 0 spiro atoms. The maximum absolute atomic E-state index is 12.2. The number of nitrogens with one attached hydrogen (secondary N) is 1. The van der Waals surface area contributed by atoms with E-state index in [1.54, 1.807) is 11.3 Å². The molecule has 2 heterocycles. The summed E-state index contributed by atoms with van der Waals surface area (Å²) in [6.07, 6.45) is 1.18. The summed E-state index contributed by atoms with van der Waals surface area (Å²) in [4.78, 5) is 13.3. The van der Waals surface area contributed by atoms with Gasteiger partial charge in [0.15, 0.2) is 0 Å². The topological polar surface area (TPSA) is 29.1 Å². The predicted octanol–water partition coefficient (Wildman–Crippen LogP) is 4.22. The molecule has 3 rings (SSSR count). The van der Waals surface area contributed by atoms with Gasteiger partial charge < -0.3 is 5.32 Å². The van der Waals surface area contributed by atoms with Gasteiger partial charge in [-0.3, -0.25) is 4.79 Å². The number of carbonyl (C=O) groups excluding carboxylic acids is 1. The lowest BCUT2D eigenvalue weighted by Crippen LogP contribution is -2.10. The standard InChI is InChI=1S/C15H14BrNOS/c16-11-6-13(19-9-11)7-12(18)5-10-8-17-15-4-2-1-3-14(10)15/h1-4,6,9-10,17H,5,7-8H2. The van der Waals surface area contributed by atoms with E-state index in [0.717, 1.165) is 15.9 Å². The number of anilines is 1. The van der Waals surface area contributed by atoms with Crippen LogP contribution in [0.5, 0.6) is 0 Å². The highest BCUT2D eigenvalue weighted by molar-refractivity contribution is 9.10. The number of thiophene rings is 1. The third-order valence-corrected chi connectivity index (χ3v) is 5.10. The number of hydrogen-bond donors (Lipinski definition) is 1. The lowest BCUT2D eigenvalue weighted by Gasteiger charge is -2.08. The van der Waals surface area contributed by atoms with Crippen molar-refractivity contribution in [3.05, 3.63) is 50.6 Å². The summed E-state index contributed by atoms with van der Waals surface area (Å²) in [5, 5.41) is 5.39. The normalized spacial score (nSPS) is 17.0. The molecule has 0 amide bonds. The molecular formula is C15H14BrNOS. The first-order chi connectivity index (χ1) is 9.22. The summed E-state index contributed by atoms with van der Waals surface area (Å²) < 4.78 is 1.06. The van der Waals surface area contributed by atoms with Crippen molar-refractivity contribution in [2.45, 2.75) is 18.8 Å². The first-order valence-corrected chi connectivity index (χ1v) is 7.97. The molecule has 19 heavy (non-hydrogen) atoms. The molecule has 0 aliphatic carbocycles. The Kier molecular flexibility index (Phi) is 3.71. The first kappa shape index (κ1) is 12.9. The van der Waals surface area contributed by atoms with Gasteiger partial charge in [0.05, 0.1) is 0 Å². The van der Waals surface area contributed by atoms with Crippen LogP contribution in [0.25, 0.3) is 0 Å². The Morgan fingerprint density at radius 2 is 2.26 bits per heavy atom. The van der Waals surface area contributed by atoms with E-state index in [4.69, 9.17) is 0 Å². The third kappa shape index (κ3) is 2.90. The Bertz CT molecular complexity index is 608. The number of halogens is 1. The van der Waals surface area contributed by atoms with Crippen LogP contribution in [-0.2, 0) is 11.2 Å². The van der Waals surface area contributed by atoms with Crippen LogP contribution in [0.2, 0.25) is 0 Å². The largest absolute Gasteiger partial charge is 0.384 e. The average molecular weight is 336 g/mol. The number of ketones is 1. The number of hydrogen-bond acceptors (Lipinski definition) is 3. The molecule has 2 aromatic rings. The molecule has 0 fully saturated rings. The lowest BCUT2D eigenvalue weighted by atomic mass is 9.95. The van der Waals surface area contributed by atoms with Gasteiger partial charge in [-0.1, -0.05) is 18.2 Å². The van der Waals surface area contributed by atoms with Gasteiger partial charge in [-0.15, -0.1) is 11.3 Å². The summed E-state index contributed by atoms with van der Waals surface area (Å²) in [5.74, 6) is 0.643. The van der Waals surface area contributed by atoms with E-state index < -0.39 is 0 Å². The van der Waals surface area contributed by atoms with E-state index in [1.807, 2.05) is 23.6 Å². The predicted molar refractivity (Wildman–Crippen MR) is 83.0 cm³/mol. The highest BCUT2D eigenvalue weighted by Crippen LogP contribution is 2.33. The van der Waals surface area contributed by atoms with Crippen molar-refractivity contribution >= 4 is 38.7 Å². The van der Waals surface area contributed by atoms with Crippen molar-refractivity contribution in [1.82, 2.24) is 0 Å². The van der Waals surface area contributed by atoms with Gasteiger partial charge in [0.25, 0.3) is 0 Å². The van der Waals surface area contributed by atoms with Crippen LogP contribution in [0.1, 0.15) is 22.8 Å². The van der Waals surface area contributed by atoms with Crippen molar-refractivity contribution in [2.24, 2.45) is 0 Å². The molecule has 1 atom stereocenters. The second-order valence-corrected chi connectivity index (χ2v) is 6.73. The fourth-order valence-corrected chi connectivity index (χ4v) is 4.01. The van der Waals surface area contributed by atoms with Crippen molar-refractivity contribution in [3.8, 4) is 0 Å². The van der Waals surface area contributed by atoms with Crippen LogP contribution in [0.3, 0.4) is 0 Å². The summed E-state index contributed by atoms with van der Waals surface area (Å²) in [6.45, 7) is 0.874. The lowest BCUT2D eigenvalue weighted by molar-refractivity contribution is -0.118. The zero-order valence-electron chi connectivity index (χ0n) is 10.4. The Balaban J connectivity index is 1.65. The minimum atomic E-state index is 0.317. The number of para-hydroxylation sites is 1.